The molecule has 1 aliphatic heterocycles. The third-order valence-electron chi connectivity index (χ3n) is 6.83. The number of aliphatic hydroxyl groups is 2. The summed E-state index contributed by atoms with van der Waals surface area (Å²) >= 11 is 0. The van der Waals surface area contributed by atoms with E-state index in [2.05, 4.69) is 12.2 Å². The lowest BCUT2D eigenvalue weighted by Crippen LogP contribution is -2.58. The standard InChI is InChI=1S/C26H49NO7/c1-19-20(2)25(27-21(3)29)26(34-24(19)18-33-22(4)30)32-16-14-12-10-8-6-5-7-9-11-13-15-23(31)17-28/h19-20,23-26,28,31H,5-18H2,1-4H3,(H,27,29). The zero-order valence-electron chi connectivity index (χ0n) is 21.8. The highest BCUT2D eigenvalue weighted by Crippen LogP contribution is 2.32. The number of carbonyl (C=O) groups is 2. The smallest absolute Gasteiger partial charge is 0.302 e. The zero-order chi connectivity index (χ0) is 25.3. The van der Waals surface area contributed by atoms with Crippen molar-refractivity contribution in [2.75, 3.05) is 19.8 Å². The lowest BCUT2D eigenvalue weighted by atomic mass is 9.82. The summed E-state index contributed by atoms with van der Waals surface area (Å²) < 4.78 is 17.3. The number of carbonyl (C=O) groups excluding carboxylic acids is 2. The molecule has 34 heavy (non-hydrogen) atoms. The van der Waals surface area contributed by atoms with Crippen LogP contribution in [-0.2, 0) is 23.8 Å². The third-order valence-corrected chi connectivity index (χ3v) is 6.83. The summed E-state index contributed by atoms with van der Waals surface area (Å²) in [5.74, 6) is -0.198. The van der Waals surface area contributed by atoms with Gasteiger partial charge in [0, 0.05) is 20.5 Å². The molecule has 0 radical (unpaired) electrons. The average molecular weight is 488 g/mol. The van der Waals surface area contributed by atoms with Crippen LogP contribution >= 0.6 is 0 Å². The minimum atomic E-state index is -0.556. The molecule has 6 atom stereocenters. The summed E-state index contributed by atoms with van der Waals surface area (Å²) in [5, 5.41) is 21.1. The van der Waals surface area contributed by atoms with Gasteiger partial charge in [-0.3, -0.25) is 9.59 Å². The summed E-state index contributed by atoms with van der Waals surface area (Å²) in [6.07, 6.45) is 10.8. The molecule has 1 fully saturated rings. The monoisotopic (exact) mass is 487 g/mol. The Hall–Kier alpha value is -1.22. The molecule has 0 saturated carbocycles. The van der Waals surface area contributed by atoms with Gasteiger partial charge in [0.2, 0.25) is 5.91 Å². The molecule has 0 aliphatic carbocycles. The van der Waals surface area contributed by atoms with Gasteiger partial charge >= 0.3 is 5.97 Å². The molecule has 0 bridgehead atoms. The molecular formula is C26H49NO7. The second-order valence-corrected chi connectivity index (χ2v) is 9.82. The fourth-order valence-corrected chi connectivity index (χ4v) is 4.45. The Morgan fingerprint density at radius 2 is 1.47 bits per heavy atom. The number of esters is 1. The SMILES string of the molecule is CC(=O)NC1C(OCCCCCCCCCCCCC(O)CO)OC(COC(C)=O)C(C)C1C. The van der Waals surface area contributed by atoms with Crippen LogP contribution in [0.1, 0.15) is 98.3 Å². The Balaban J connectivity index is 2.21. The molecule has 6 unspecified atom stereocenters. The van der Waals surface area contributed by atoms with E-state index in [1.54, 1.807) is 0 Å². The molecule has 1 saturated heterocycles. The van der Waals surface area contributed by atoms with E-state index in [1.165, 1.54) is 52.4 Å². The third kappa shape index (κ3) is 13.0. The fraction of sp³-hybridized carbons (Fsp3) is 0.923. The van der Waals surface area contributed by atoms with E-state index >= 15 is 0 Å². The summed E-state index contributed by atoms with van der Waals surface area (Å²) in [7, 11) is 0. The predicted molar refractivity (Wildman–Crippen MR) is 131 cm³/mol. The molecule has 3 N–H and O–H groups in total. The van der Waals surface area contributed by atoms with E-state index in [4.69, 9.17) is 19.3 Å². The van der Waals surface area contributed by atoms with Crippen molar-refractivity contribution in [2.24, 2.45) is 11.8 Å². The van der Waals surface area contributed by atoms with Crippen molar-refractivity contribution in [2.45, 2.75) is 123 Å². The molecule has 8 heteroatoms. The quantitative estimate of drug-likeness (QED) is 0.199. The minimum Gasteiger partial charge on any atom is -0.463 e. The van der Waals surface area contributed by atoms with Crippen molar-refractivity contribution >= 4 is 11.9 Å². The normalized spacial score (nSPS) is 25.6. The summed E-state index contributed by atoms with van der Waals surface area (Å²) in [6.45, 7) is 7.64. The second kappa shape index (κ2) is 18.1. The highest BCUT2D eigenvalue weighted by Gasteiger charge is 2.42. The molecule has 0 aromatic heterocycles. The molecular weight excluding hydrogens is 438 g/mol. The van der Waals surface area contributed by atoms with Crippen molar-refractivity contribution < 1.29 is 34.0 Å². The van der Waals surface area contributed by atoms with Gasteiger partial charge in [-0.25, -0.2) is 0 Å². The van der Waals surface area contributed by atoms with Gasteiger partial charge < -0.3 is 29.7 Å². The Kier molecular flexibility index (Phi) is 16.4. The van der Waals surface area contributed by atoms with E-state index in [0.29, 0.717) is 13.0 Å². The van der Waals surface area contributed by atoms with Crippen LogP contribution in [0.3, 0.4) is 0 Å². The van der Waals surface area contributed by atoms with Crippen LogP contribution in [0.5, 0.6) is 0 Å². The van der Waals surface area contributed by atoms with Crippen LogP contribution < -0.4 is 5.32 Å². The van der Waals surface area contributed by atoms with Crippen molar-refractivity contribution in [3.8, 4) is 0 Å². The van der Waals surface area contributed by atoms with Gasteiger partial charge in [0.15, 0.2) is 6.29 Å². The van der Waals surface area contributed by atoms with Gasteiger partial charge in [-0.2, -0.15) is 0 Å². The van der Waals surface area contributed by atoms with Crippen molar-refractivity contribution in [1.82, 2.24) is 5.32 Å². The Morgan fingerprint density at radius 3 is 2.00 bits per heavy atom. The highest BCUT2D eigenvalue weighted by atomic mass is 16.7. The van der Waals surface area contributed by atoms with Crippen LogP contribution in [0.25, 0.3) is 0 Å². The number of aliphatic hydroxyl groups excluding tert-OH is 2. The summed E-state index contributed by atoms with van der Waals surface area (Å²) in [5.41, 5.74) is 0. The van der Waals surface area contributed by atoms with Crippen LogP contribution in [0, 0.1) is 11.8 Å². The van der Waals surface area contributed by atoms with Crippen LogP contribution in [0.15, 0.2) is 0 Å². The zero-order valence-corrected chi connectivity index (χ0v) is 21.8. The van der Waals surface area contributed by atoms with Gasteiger partial charge in [0.25, 0.3) is 0 Å². The Bertz CT molecular complexity index is 557. The van der Waals surface area contributed by atoms with E-state index in [9.17, 15) is 14.7 Å². The first-order chi connectivity index (χ1) is 16.3. The van der Waals surface area contributed by atoms with Gasteiger partial charge in [-0.1, -0.05) is 71.6 Å². The number of rotatable bonds is 18. The fourth-order valence-electron chi connectivity index (χ4n) is 4.45. The number of hydrogen-bond donors (Lipinski definition) is 3. The van der Waals surface area contributed by atoms with Gasteiger partial charge in [-0.15, -0.1) is 0 Å². The Labute approximate surface area is 206 Å². The first kappa shape index (κ1) is 30.8. The number of amides is 1. The van der Waals surface area contributed by atoms with Gasteiger partial charge in [-0.05, 0) is 24.7 Å². The van der Waals surface area contributed by atoms with E-state index in [0.717, 1.165) is 25.7 Å². The maximum absolute atomic E-state index is 11.7. The average Bonchev–Trinajstić information content (AvgIpc) is 2.79. The topological polar surface area (TPSA) is 114 Å². The summed E-state index contributed by atoms with van der Waals surface area (Å²) in [4.78, 5) is 22.9. The molecule has 0 aromatic rings. The first-order valence-corrected chi connectivity index (χ1v) is 13.2. The van der Waals surface area contributed by atoms with Crippen molar-refractivity contribution in [3.05, 3.63) is 0 Å². The van der Waals surface area contributed by atoms with Crippen LogP contribution in [0.4, 0.5) is 0 Å². The maximum Gasteiger partial charge on any atom is 0.302 e. The molecule has 1 aliphatic rings. The molecule has 200 valence electrons. The van der Waals surface area contributed by atoms with Crippen LogP contribution in [0.2, 0.25) is 0 Å². The summed E-state index contributed by atoms with van der Waals surface area (Å²) in [6, 6.07) is -0.229. The van der Waals surface area contributed by atoms with E-state index in [1.807, 2.05) is 6.92 Å². The number of ether oxygens (including phenoxy) is 3. The molecule has 0 aromatic carbocycles. The van der Waals surface area contributed by atoms with Gasteiger partial charge in [0.1, 0.15) is 6.61 Å². The lowest BCUT2D eigenvalue weighted by Gasteiger charge is -2.44. The van der Waals surface area contributed by atoms with Gasteiger partial charge in [0.05, 0.1) is 24.9 Å². The molecule has 1 rings (SSSR count). The molecule has 1 amide bonds. The predicted octanol–water partition coefficient (Wildman–Crippen LogP) is 3.71. The number of hydrogen-bond acceptors (Lipinski definition) is 7. The van der Waals surface area contributed by atoms with E-state index < -0.39 is 12.4 Å². The number of unbranched alkanes of at least 4 members (excludes halogenated alkanes) is 9. The highest BCUT2D eigenvalue weighted by molar-refractivity contribution is 5.73. The largest absolute Gasteiger partial charge is 0.463 e. The van der Waals surface area contributed by atoms with Crippen molar-refractivity contribution in [1.29, 1.82) is 0 Å². The Morgan fingerprint density at radius 1 is 0.912 bits per heavy atom. The second-order valence-electron chi connectivity index (χ2n) is 9.82. The van der Waals surface area contributed by atoms with Crippen molar-refractivity contribution in [3.63, 3.8) is 0 Å². The maximum atomic E-state index is 11.7. The first-order valence-electron chi connectivity index (χ1n) is 13.2. The van der Waals surface area contributed by atoms with Crippen LogP contribution in [-0.4, -0.2) is 66.4 Å². The van der Waals surface area contributed by atoms with E-state index in [-0.39, 0.29) is 49.1 Å². The molecule has 1 heterocycles. The molecule has 8 nitrogen and oxygen atoms in total. The molecule has 0 spiro atoms. The number of nitrogens with one attached hydrogen (secondary N) is 1. The lowest BCUT2D eigenvalue weighted by molar-refractivity contribution is -0.244. The minimum absolute atomic E-state index is 0.109.